The molecule has 0 aliphatic carbocycles. The van der Waals surface area contributed by atoms with Crippen LogP contribution in [0, 0.1) is 0 Å². The molecule has 124 valence electrons. The molecule has 0 rings (SSSR count). The smallest absolute Gasteiger partial charge is 0.131 e. The predicted molar refractivity (Wildman–Crippen MR) is 105 cm³/mol. The molecule has 0 nitrogen and oxygen atoms in total. The van der Waals surface area contributed by atoms with Crippen molar-refractivity contribution < 1.29 is 4.39 Å². The Bertz CT molecular complexity index is 589. The number of hydrogen-bond donors (Lipinski definition) is 0. The quantitative estimate of drug-likeness (QED) is 0.411. The lowest BCUT2D eigenvalue weighted by Gasteiger charge is -2.05. The van der Waals surface area contributed by atoms with Crippen molar-refractivity contribution in [3.05, 3.63) is 109 Å². The van der Waals surface area contributed by atoms with Crippen LogP contribution in [0.5, 0.6) is 0 Å². The second-order valence-corrected chi connectivity index (χ2v) is 4.91. The first-order valence-corrected chi connectivity index (χ1v) is 7.46. The Labute approximate surface area is 141 Å². The molecule has 0 aromatic heterocycles. The standard InChI is InChI=1S/C20H23F.C2H6/c1-14(2)9-11-16(5)18(7)13-20(21)19(8)17(6)12-10-15(3)4;1-2/h9-13H,1,3,5-8H2,2,4H3;1-2H3/b11-9-,12-10-,20-13+;. The maximum Gasteiger partial charge on any atom is 0.131 e. The first kappa shape index (κ1) is 22.9. The molecule has 0 unspecified atom stereocenters. The maximum atomic E-state index is 14.1. The lowest BCUT2D eigenvalue weighted by atomic mass is 10.0. The lowest BCUT2D eigenvalue weighted by Crippen LogP contribution is -1.87. The Hall–Kier alpha value is -2.41. The molecule has 0 N–H and O–H groups in total. The fraction of sp³-hybridized carbons (Fsp3) is 0.182. The molecule has 0 aromatic rings. The molecule has 23 heavy (non-hydrogen) atoms. The van der Waals surface area contributed by atoms with Crippen molar-refractivity contribution in [3.8, 4) is 0 Å². The molecule has 0 aliphatic heterocycles. The van der Waals surface area contributed by atoms with Gasteiger partial charge in [-0.3, -0.25) is 0 Å². The van der Waals surface area contributed by atoms with E-state index in [1.54, 1.807) is 24.3 Å². The fourth-order valence-electron chi connectivity index (χ4n) is 1.18. The maximum absolute atomic E-state index is 14.1. The van der Waals surface area contributed by atoms with E-state index in [-0.39, 0.29) is 5.57 Å². The topological polar surface area (TPSA) is 0 Å². The Morgan fingerprint density at radius 3 is 1.43 bits per heavy atom. The van der Waals surface area contributed by atoms with Crippen molar-refractivity contribution in [1.29, 1.82) is 0 Å². The highest BCUT2D eigenvalue weighted by molar-refractivity contribution is 5.52. The van der Waals surface area contributed by atoms with Crippen LogP contribution >= 0.6 is 0 Å². The first-order chi connectivity index (χ1) is 10.6. The van der Waals surface area contributed by atoms with Crippen LogP contribution in [-0.4, -0.2) is 0 Å². The van der Waals surface area contributed by atoms with Crippen molar-refractivity contribution in [3.63, 3.8) is 0 Å². The third kappa shape index (κ3) is 10.9. The van der Waals surface area contributed by atoms with Crippen molar-refractivity contribution in [2.24, 2.45) is 0 Å². The first-order valence-electron chi connectivity index (χ1n) is 7.46. The third-order valence-electron chi connectivity index (χ3n) is 2.53. The van der Waals surface area contributed by atoms with Gasteiger partial charge in [0.1, 0.15) is 5.83 Å². The van der Waals surface area contributed by atoms with Gasteiger partial charge in [-0.25, -0.2) is 4.39 Å². The van der Waals surface area contributed by atoms with Gasteiger partial charge in [0, 0.05) is 5.57 Å². The minimum atomic E-state index is -0.485. The van der Waals surface area contributed by atoms with E-state index in [1.165, 1.54) is 6.08 Å². The summed E-state index contributed by atoms with van der Waals surface area (Å²) >= 11 is 0. The van der Waals surface area contributed by atoms with Gasteiger partial charge in [-0.1, -0.05) is 88.8 Å². The van der Waals surface area contributed by atoms with Gasteiger partial charge in [0.2, 0.25) is 0 Å². The fourth-order valence-corrected chi connectivity index (χ4v) is 1.18. The largest absolute Gasteiger partial charge is 0.206 e. The van der Waals surface area contributed by atoms with E-state index in [4.69, 9.17) is 0 Å². The summed E-state index contributed by atoms with van der Waals surface area (Å²) in [4.78, 5) is 0. The minimum Gasteiger partial charge on any atom is -0.206 e. The normalized spacial score (nSPS) is 10.9. The highest BCUT2D eigenvalue weighted by atomic mass is 19.1. The number of halogens is 1. The van der Waals surface area contributed by atoms with Crippen LogP contribution in [-0.2, 0) is 0 Å². The molecule has 0 atom stereocenters. The van der Waals surface area contributed by atoms with Crippen LogP contribution in [0.3, 0.4) is 0 Å². The Morgan fingerprint density at radius 2 is 1.04 bits per heavy atom. The Balaban J connectivity index is 0. The summed E-state index contributed by atoms with van der Waals surface area (Å²) in [6, 6.07) is 0. The van der Waals surface area contributed by atoms with E-state index < -0.39 is 5.83 Å². The van der Waals surface area contributed by atoms with Gasteiger partial charge in [-0.15, -0.1) is 0 Å². The van der Waals surface area contributed by atoms with Crippen LogP contribution in [0.2, 0.25) is 0 Å². The summed E-state index contributed by atoms with van der Waals surface area (Å²) in [6.07, 6.45) is 8.27. The van der Waals surface area contributed by atoms with Gasteiger partial charge in [0.05, 0.1) is 0 Å². The molecule has 0 radical (unpaired) electrons. The molecular weight excluding hydrogens is 283 g/mol. The van der Waals surface area contributed by atoms with Crippen molar-refractivity contribution in [1.82, 2.24) is 0 Å². The van der Waals surface area contributed by atoms with E-state index in [2.05, 4.69) is 39.5 Å². The molecule has 0 saturated heterocycles. The molecular formula is C22H29F. The van der Waals surface area contributed by atoms with E-state index in [0.717, 1.165) is 11.1 Å². The molecule has 0 bridgehead atoms. The van der Waals surface area contributed by atoms with Crippen LogP contribution < -0.4 is 0 Å². The zero-order chi connectivity index (χ0) is 18.6. The Kier molecular flexibility index (Phi) is 12.1. The lowest BCUT2D eigenvalue weighted by molar-refractivity contribution is 0.655. The van der Waals surface area contributed by atoms with Gasteiger partial charge < -0.3 is 0 Å². The summed E-state index contributed by atoms with van der Waals surface area (Å²) in [5.74, 6) is -0.485. The second-order valence-electron chi connectivity index (χ2n) is 4.91. The van der Waals surface area contributed by atoms with E-state index >= 15 is 0 Å². The summed E-state index contributed by atoms with van der Waals surface area (Å²) < 4.78 is 14.1. The SMILES string of the molecule is C=C(C)/C=C\C(=C)C(=C)/C=C(/F)C(=C)C(=C)/C=C\C(=C)C.CC. The van der Waals surface area contributed by atoms with E-state index in [1.807, 2.05) is 27.7 Å². The average Bonchev–Trinajstić information content (AvgIpc) is 2.50. The highest BCUT2D eigenvalue weighted by Gasteiger charge is 2.05. The predicted octanol–water partition coefficient (Wildman–Crippen LogP) is 7.36. The Morgan fingerprint density at radius 1 is 0.652 bits per heavy atom. The van der Waals surface area contributed by atoms with Crippen LogP contribution in [0.25, 0.3) is 0 Å². The van der Waals surface area contributed by atoms with Gasteiger partial charge in [-0.2, -0.15) is 0 Å². The number of hydrogen-bond acceptors (Lipinski definition) is 0. The van der Waals surface area contributed by atoms with Crippen LogP contribution in [0.1, 0.15) is 27.7 Å². The van der Waals surface area contributed by atoms with Gasteiger partial charge in [-0.05, 0) is 36.6 Å². The summed E-state index contributed by atoms with van der Waals surface area (Å²) in [6.45, 7) is 30.3. The highest BCUT2D eigenvalue weighted by Crippen LogP contribution is 2.22. The molecule has 0 fully saturated rings. The minimum absolute atomic E-state index is 0.213. The van der Waals surface area contributed by atoms with Crippen molar-refractivity contribution in [2.75, 3.05) is 0 Å². The number of allylic oxidation sites excluding steroid dienone is 12. The van der Waals surface area contributed by atoms with Gasteiger partial charge >= 0.3 is 0 Å². The number of rotatable bonds is 8. The molecule has 1 heteroatoms. The molecule has 0 saturated carbocycles. The molecule has 0 heterocycles. The molecule has 0 aromatic carbocycles. The van der Waals surface area contributed by atoms with E-state index in [0.29, 0.717) is 16.7 Å². The summed E-state index contributed by atoms with van der Waals surface area (Å²) in [5.41, 5.74) is 3.53. The average molecular weight is 312 g/mol. The molecule has 0 amide bonds. The summed E-state index contributed by atoms with van der Waals surface area (Å²) in [5, 5.41) is 0. The van der Waals surface area contributed by atoms with Crippen LogP contribution in [0.4, 0.5) is 4.39 Å². The zero-order valence-electron chi connectivity index (χ0n) is 15.0. The van der Waals surface area contributed by atoms with E-state index in [9.17, 15) is 4.39 Å². The van der Waals surface area contributed by atoms with Crippen LogP contribution in [0.15, 0.2) is 109 Å². The third-order valence-corrected chi connectivity index (χ3v) is 2.53. The monoisotopic (exact) mass is 312 g/mol. The second kappa shape index (κ2) is 12.2. The summed E-state index contributed by atoms with van der Waals surface area (Å²) in [7, 11) is 0. The molecule has 0 spiro atoms. The molecule has 0 aliphatic rings. The zero-order valence-corrected chi connectivity index (χ0v) is 15.0. The van der Waals surface area contributed by atoms with Gasteiger partial charge in [0.15, 0.2) is 0 Å². The van der Waals surface area contributed by atoms with Gasteiger partial charge in [0.25, 0.3) is 0 Å². The van der Waals surface area contributed by atoms with Crippen molar-refractivity contribution >= 4 is 0 Å². The van der Waals surface area contributed by atoms with Crippen molar-refractivity contribution in [2.45, 2.75) is 27.7 Å².